The Hall–Kier alpha value is -3.38. The van der Waals surface area contributed by atoms with Gasteiger partial charge in [0.05, 0.1) is 17.8 Å². The van der Waals surface area contributed by atoms with Gasteiger partial charge in [-0.25, -0.2) is 9.37 Å². The van der Waals surface area contributed by atoms with Gasteiger partial charge in [0, 0.05) is 12.5 Å². The molecule has 0 N–H and O–H groups in total. The lowest BCUT2D eigenvalue weighted by molar-refractivity contribution is -0.145. The van der Waals surface area contributed by atoms with Crippen LogP contribution in [0.5, 0.6) is 5.75 Å². The average Bonchev–Trinajstić information content (AvgIpc) is 3.12. The van der Waals surface area contributed by atoms with Crippen molar-refractivity contribution in [2.45, 2.75) is 31.2 Å². The summed E-state index contributed by atoms with van der Waals surface area (Å²) in [7, 11) is 0. The van der Waals surface area contributed by atoms with E-state index in [0.29, 0.717) is 11.0 Å². The molecule has 4 rings (SSSR count). The van der Waals surface area contributed by atoms with Gasteiger partial charge in [-0.1, -0.05) is 0 Å². The number of carbonyl (C=O) groups excluding carboxylic acids is 2. The van der Waals surface area contributed by atoms with E-state index in [1.165, 1.54) is 6.07 Å². The van der Waals surface area contributed by atoms with Crippen molar-refractivity contribution in [2.24, 2.45) is 0 Å². The van der Waals surface area contributed by atoms with Crippen molar-refractivity contribution in [1.82, 2.24) is 4.98 Å². The summed E-state index contributed by atoms with van der Waals surface area (Å²) in [5.41, 5.74) is -3.33. The smallest absolute Gasteiger partial charge is 0.433 e. The Morgan fingerprint density at radius 3 is 2.45 bits per heavy atom. The molecule has 1 saturated heterocycles. The predicted octanol–water partition coefficient (Wildman–Crippen LogP) is 4.18. The van der Waals surface area contributed by atoms with E-state index in [2.05, 4.69) is 4.98 Å². The number of hydrogen-bond acceptors (Lipinski definition) is 4. The molecule has 13 heteroatoms. The van der Waals surface area contributed by atoms with Crippen LogP contribution in [-0.4, -0.2) is 36.0 Å². The second-order valence-corrected chi connectivity index (χ2v) is 7.36. The van der Waals surface area contributed by atoms with Crippen molar-refractivity contribution in [3.63, 3.8) is 0 Å². The quantitative estimate of drug-likeness (QED) is 0.609. The maximum atomic E-state index is 13.5. The molecular weight excluding hydrogens is 463 g/mol. The van der Waals surface area contributed by atoms with Gasteiger partial charge in [0.2, 0.25) is 11.8 Å². The number of nitrogens with zero attached hydrogens (tertiary/aromatic N) is 3. The lowest BCUT2D eigenvalue weighted by Gasteiger charge is -2.33. The van der Waals surface area contributed by atoms with E-state index in [9.17, 15) is 40.3 Å². The van der Waals surface area contributed by atoms with Crippen molar-refractivity contribution in [3.8, 4) is 5.75 Å². The van der Waals surface area contributed by atoms with Crippen LogP contribution in [0.2, 0.25) is 0 Å². The zero-order valence-electron chi connectivity index (χ0n) is 16.5. The van der Waals surface area contributed by atoms with E-state index < -0.39 is 53.1 Å². The van der Waals surface area contributed by atoms with Gasteiger partial charge >= 0.3 is 12.4 Å². The predicted molar refractivity (Wildman–Crippen MR) is 99.0 cm³/mol. The third-order valence-corrected chi connectivity index (χ3v) is 5.22. The fraction of sp³-hybridized carbons (Fsp3) is 0.350. The largest absolute Gasteiger partial charge is 0.489 e. The van der Waals surface area contributed by atoms with E-state index in [4.69, 9.17) is 4.74 Å². The van der Waals surface area contributed by atoms with Crippen LogP contribution in [0.1, 0.15) is 24.1 Å². The Labute approximate surface area is 181 Å². The van der Waals surface area contributed by atoms with Crippen molar-refractivity contribution in [2.75, 3.05) is 23.0 Å². The van der Waals surface area contributed by atoms with Crippen molar-refractivity contribution in [1.29, 1.82) is 0 Å². The number of fused-ring (bicyclic) bond motifs is 1. The van der Waals surface area contributed by atoms with Crippen LogP contribution in [-0.2, 0) is 21.9 Å². The second kappa shape index (κ2) is 7.89. The Balaban J connectivity index is 1.75. The number of anilines is 2. The minimum atomic E-state index is -5.22. The number of amides is 2. The topological polar surface area (TPSA) is 62.7 Å². The highest BCUT2D eigenvalue weighted by atomic mass is 19.4. The number of ether oxygens (including phenoxy) is 1. The zero-order valence-corrected chi connectivity index (χ0v) is 16.5. The Morgan fingerprint density at radius 1 is 1.06 bits per heavy atom. The number of benzene rings is 1. The monoisotopic (exact) mass is 477 g/mol. The maximum absolute atomic E-state index is 13.5. The van der Waals surface area contributed by atoms with Crippen molar-refractivity contribution < 1.29 is 45.1 Å². The van der Waals surface area contributed by atoms with E-state index in [0.717, 1.165) is 17.0 Å². The van der Waals surface area contributed by atoms with Crippen LogP contribution in [0.3, 0.4) is 0 Å². The SMILES string of the molecule is O=C(C1CCC(=O)N1c1cc(C(F)(F)F)cc(C(F)(F)F)n1)N1CCOc2cc(F)ccc21. The average molecular weight is 477 g/mol. The first kappa shape index (κ1) is 22.8. The third-order valence-electron chi connectivity index (χ3n) is 5.22. The molecule has 0 saturated carbocycles. The molecule has 1 fully saturated rings. The van der Waals surface area contributed by atoms with Crippen LogP contribution in [0.15, 0.2) is 30.3 Å². The number of carbonyl (C=O) groups is 2. The number of pyridine rings is 1. The number of rotatable bonds is 2. The van der Waals surface area contributed by atoms with E-state index in [1.807, 2.05) is 0 Å². The molecule has 0 bridgehead atoms. The lowest BCUT2D eigenvalue weighted by atomic mass is 10.1. The van der Waals surface area contributed by atoms with E-state index in [1.54, 1.807) is 0 Å². The summed E-state index contributed by atoms with van der Waals surface area (Å²) in [6.45, 7) is -0.0390. The zero-order chi connectivity index (χ0) is 24.1. The molecule has 176 valence electrons. The first-order valence-corrected chi connectivity index (χ1v) is 9.58. The lowest BCUT2D eigenvalue weighted by Crippen LogP contribution is -2.50. The summed E-state index contributed by atoms with van der Waals surface area (Å²) >= 11 is 0. The third kappa shape index (κ3) is 4.31. The van der Waals surface area contributed by atoms with Gasteiger partial charge in [0.25, 0.3) is 0 Å². The molecule has 1 aromatic heterocycles. The van der Waals surface area contributed by atoms with Crippen LogP contribution in [0.4, 0.5) is 42.2 Å². The molecular formula is C20H14F7N3O3. The number of alkyl halides is 6. The molecule has 33 heavy (non-hydrogen) atoms. The Morgan fingerprint density at radius 2 is 1.79 bits per heavy atom. The summed E-state index contributed by atoms with van der Waals surface area (Å²) in [4.78, 5) is 30.7. The van der Waals surface area contributed by atoms with Gasteiger partial charge in [-0.05, 0) is 30.7 Å². The van der Waals surface area contributed by atoms with E-state index in [-0.39, 0.29) is 43.5 Å². The Kier molecular flexibility index (Phi) is 5.45. The normalized spacial score (nSPS) is 18.9. The fourth-order valence-corrected chi connectivity index (χ4v) is 3.76. The molecule has 3 heterocycles. The maximum Gasteiger partial charge on any atom is 0.433 e. The minimum Gasteiger partial charge on any atom is -0.489 e. The van der Waals surface area contributed by atoms with Crippen LogP contribution >= 0.6 is 0 Å². The highest BCUT2D eigenvalue weighted by Crippen LogP contribution is 2.39. The summed E-state index contributed by atoms with van der Waals surface area (Å²) in [5, 5.41) is 0. The highest BCUT2D eigenvalue weighted by Gasteiger charge is 2.44. The highest BCUT2D eigenvalue weighted by molar-refractivity contribution is 6.08. The molecule has 0 spiro atoms. The van der Waals surface area contributed by atoms with Crippen molar-refractivity contribution >= 4 is 23.3 Å². The molecule has 2 aliphatic rings. The van der Waals surface area contributed by atoms with E-state index >= 15 is 0 Å². The molecule has 1 unspecified atom stereocenters. The standard InChI is InChI=1S/C20H14F7N3O3/c21-11-1-2-12-14(9-11)33-6-5-29(12)18(32)13-3-4-17(31)30(13)16-8-10(19(22,23)24)7-15(28-16)20(25,26)27/h1-2,7-9,13H,3-6H2. The summed E-state index contributed by atoms with van der Waals surface area (Å²) < 4.78 is 98.2. The molecule has 1 atom stereocenters. The number of halogens is 7. The summed E-state index contributed by atoms with van der Waals surface area (Å²) in [6.07, 6.45) is -10.8. The van der Waals surface area contributed by atoms with Crippen LogP contribution < -0.4 is 14.5 Å². The van der Waals surface area contributed by atoms with Gasteiger partial charge in [0.1, 0.15) is 35.7 Å². The van der Waals surface area contributed by atoms with Gasteiger partial charge in [-0.15, -0.1) is 0 Å². The first-order chi connectivity index (χ1) is 15.4. The van der Waals surface area contributed by atoms with Crippen LogP contribution in [0, 0.1) is 5.82 Å². The molecule has 1 aromatic carbocycles. The minimum absolute atomic E-state index is 0.0141. The molecule has 0 aliphatic carbocycles. The van der Waals surface area contributed by atoms with Gasteiger partial charge in [-0.2, -0.15) is 26.3 Å². The molecule has 0 radical (unpaired) electrons. The number of aromatic nitrogens is 1. The van der Waals surface area contributed by atoms with Gasteiger partial charge in [-0.3, -0.25) is 14.5 Å². The molecule has 2 amide bonds. The first-order valence-electron chi connectivity index (χ1n) is 9.58. The van der Waals surface area contributed by atoms with Gasteiger partial charge < -0.3 is 9.64 Å². The Bertz CT molecular complexity index is 1080. The molecule has 2 aliphatic heterocycles. The summed E-state index contributed by atoms with van der Waals surface area (Å²) in [6, 6.07) is 2.11. The van der Waals surface area contributed by atoms with Gasteiger partial charge in [0.15, 0.2) is 0 Å². The fourth-order valence-electron chi connectivity index (χ4n) is 3.76. The van der Waals surface area contributed by atoms with Crippen molar-refractivity contribution in [3.05, 3.63) is 47.4 Å². The molecule has 6 nitrogen and oxygen atoms in total. The molecule has 2 aromatic rings. The van der Waals surface area contributed by atoms with Crippen LogP contribution in [0.25, 0.3) is 0 Å². The second-order valence-electron chi connectivity index (χ2n) is 7.36. The summed E-state index contributed by atoms with van der Waals surface area (Å²) in [5.74, 6) is -3.12. The number of hydrogen-bond donors (Lipinski definition) is 0.